The van der Waals surface area contributed by atoms with Crippen molar-refractivity contribution >= 4 is 11.4 Å². The summed E-state index contributed by atoms with van der Waals surface area (Å²) in [5.74, 6) is 0. The zero-order chi connectivity index (χ0) is 14.0. The van der Waals surface area contributed by atoms with Gasteiger partial charge in [0.2, 0.25) is 0 Å². The highest BCUT2D eigenvalue weighted by molar-refractivity contribution is 5.57. The van der Waals surface area contributed by atoms with Gasteiger partial charge in [-0.25, -0.2) is 8.78 Å². The summed E-state index contributed by atoms with van der Waals surface area (Å²) in [5, 5.41) is 13.6. The first-order valence-electron chi connectivity index (χ1n) is 5.87. The lowest BCUT2D eigenvalue weighted by Crippen LogP contribution is -2.40. The SMILES string of the molecule is COC1CC(Nc2ccc([N+](=O)[O-])cc2C(F)F)C1. The van der Waals surface area contributed by atoms with Gasteiger partial charge >= 0.3 is 0 Å². The van der Waals surface area contributed by atoms with Crippen molar-refractivity contribution in [1.82, 2.24) is 0 Å². The van der Waals surface area contributed by atoms with Gasteiger partial charge in [0.1, 0.15) is 0 Å². The lowest BCUT2D eigenvalue weighted by molar-refractivity contribution is -0.385. The third-order valence-electron chi connectivity index (χ3n) is 3.27. The first-order valence-corrected chi connectivity index (χ1v) is 5.87. The minimum Gasteiger partial charge on any atom is -0.382 e. The van der Waals surface area contributed by atoms with Gasteiger partial charge in [-0.05, 0) is 18.9 Å². The second kappa shape index (κ2) is 5.48. The Kier molecular flexibility index (Phi) is 3.94. The van der Waals surface area contributed by atoms with E-state index < -0.39 is 11.3 Å². The maximum absolute atomic E-state index is 12.9. The molecule has 0 aliphatic heterocycles. The van der Waals surface area contributed by atoms with Gasteiger partial charge in [0.05, 0.1) is 11.0 Å². The summed E-state index contributed by atoms with van der Waals surface area (Å²) >= 11 is 0. The van der Waals surface area contributed by atoms with Gasteiger partial charge in [-0.2, -0.15) is 0 Å². The maximum atomic E-state index is 12.9. The van der Waals surface area contributed by atoms with Crippen molar-refractivity contribution < 1.29 is 18.4 Å². The van der Waals surface area contributed by atoms with Crippen molar-refractivity contribution in [2.75, 3.05) is 12.4 Å². The quantitative estimate of drug-likeness (QED) is 0.660. The summed E-state index contributed by atoms with van der Waals surface area (Å²) in [6.07, 6.45) is -1.10. The molecule has 1 saturated carbocycles. The van der Waals surface area contributed by atoms with Gasteiger partial charge in [0.15, 0.2) is 0 Å². The van der Waals surface area contributed by atoms with Crippen LogP contribution in [0.2, 0.25) is 0 Å². The van der Waals surface area contributed by atoms with Crippen LogP contribution in [0.15, 0.2) is 18.2 Å². The number of nitrogens with zero attached hydrogens (tertiary/aromatic N) is 1. The van der Waals surface area contributed by atoms with E-state index in [1.54, 1.807) is 7.11 Å². The lowest BCUT2D eigenvalue weighted by atomic mass is 9.89. The Bertz CT molecular complexity index is 476. The Morgan fingerprint density at radius 1 is 1.47 bits per heavy atom. The first-order chi connectivity index (χ1) is 9.01. The molecule has 1 aromatic rings. The second-order valence-corrected chi connectivity index (χ2v) is 4.50. The van der Waals surface area contributed by atoms with Crippen molar-refractivity contribution in [1.29, 1.82) is 0 Å². The maximum Gasteiger partial charge on any atom is 0.270 e. The fourth-order valence-corrected chi connectivity index (χ4v) is 2.07. The molecule has 1 aromatic carbocycles. The van der Waals surface area contributed by atoms with Gasteiger partial charge in [-0.3, -0.25) is 10.1 Å². The Morgan fingerprint density at radius 3 is 2.68 bits per heavy atom. The molecule has 5 nitrogen and oxygen atoms in total. The van der Waals surface area contributed by atoms with Crippen molar-refractivity contribution in [3.8, 4) is 0 Å². The van der Waals surface area contributed by atoms with Crippen LogP contribution >= 0.6 is 0 Å². The summed E-state index contributed by atoms with van der Waals surface area (Å²) in [6.45, 7) is 0. The van der Waals surface area contributed by atoms with Gasteiger partial charge in [-0.15, -0.1) is 0 Å². The van der Waals surface area contributed by atoms with E-state index in [2.05, 4.69) is 5.32 Å². The van der Waals surface area contributed by atoms with Crippen LogP contribution in [0, 0.1) is 10.1 Å². The Hall–Kier alpha value is -1.76. The van der Waals surface area contributed by atoms with E-state index in [-0.39, 0.29) is 29.1 Å². The molecule has 0 heterocycles. The number of hydrogen-bond donors (Lipinski definition) is 1. The van der Waals surface area contributed by atoms with Gasteiger partial charge < -0.3 is 10.1 Å². The third-order valence-corrected chi connectivity index (χ3v) is 3.27. The fourth-order valence-electron chi connectivity index (χ4n) is 2.07. The first kappa shape index (κ1) is 13.7. The molecular formula is C12H14F2N2O3. The number of nitrogens with one attached hydrogen (secondary N) is 1. The smallest absolute Gasteiger partial charge is 0.270 e. The summed E-state index contributed by atoms with van der Waals surface area (Å²) in [7, 11) is 1.61. The van der Waals surface area contributed by atoms with E-state index in [1.165, 1.54) is 12.1 Å². The van der Waals surface area contributed by atoms with E-state index in [1.807, 2.05) is 0 Å². The number of benzene rings is 1. The fraction of sp³-hybridized carbons (Fsp3) is 0.500. The zero-order valence-electron chi connectivity index (χ0n) is 10.3. The molecule has 0 aromatic heterocycles. The van der Waals surface area contributed by atoms with Crippen LogP contribution < -0.4 is 5.32 Å². The van der Waals surface area contributed by atoms with Crippen LogP contribution in [0.4, 0.5) is 20.2 Å². The highest BCUT2D eigenvalue weighted by atomic mass is 19.3. The number of alkyl halides is 2. The molecule has 19 heavy (non-hydrogen) atoms. The highest BCUT2D eigenvalue weighted by Crippen LogP contribution is 2.34. The van der Waals surface area contributed by atoms with Crippen molar-refractivity contribution in [3.05, 3.63) is 33.9 Å². The van der Waals surface area contributed by atoms with E-state index in [4.69, 9.17) is 4.74 Å². The van der Waals surface area contributed by atoms with Gasteiger partial charge in [0, 0.05) is 36.5 Å². The Balaban J connectivity index is 2.13. The Labute approximate surface area is 108 Å². The van der Waals surface area contributed by atoms with Crippen LogP contribution in [0.25, 0.3) is 0 Å². The number of nitro benzene ring substituents is 1. The number of anilines is 1. The highest BCUT2D eigenvalue weighted by Gasteiger charge is 2.30. The second-order valence-electron chi connectivity index (χ2n) is 4.50. The number of halogens is 2. The molecule has 0 bridgehead atoms. The predicted molar refractivity (Wildman–Crippen MR) is 65.5 cm³/mol. The Morgan fingerprint density at radius 2 is 2.16 bits per heavy atom. The summed E-state index contributed by atoms with van der Waals surface area (Å²) < 4.78 is 30.9. The molecule has 1 N–H and O–H groups in total. The standard InChI is InChI=1S/C12H14F2N2O3/c1-19-9-4-7(5-9)15-11-3-2-8(16(17)18)6-10(11)12(13)14/h2-3,6-7,9,12,15H,4-5H2,1H3. The lowest BCUT2D eigenvalue weighted by Gasteiger charge is -2.35. The van der Waals surface area contributed by atoms with E-state index >= 15 is 0 Å². The van der Waals surface area contributed by atoms with Crippen molar-refractivity contribution in [2.24, 2.45) is 0 Å². The number of methoxy groups -OCH3 is 1. The normalized spacial score (nSPS) is 22.1. The molecule has 0 saturated heterocycles. The molecule has 104 valence electrons. The molecule has 1 fully saturated rings. The third kappa shape index (κ3) is 2.98. The summed E-state index contributed by atoms with van der Waals surface area (Å²) in [6, 6.07) is 3.55. The molecule has 1 aliphatic rings. The van der Waals surface area contributed by atoms with E-state index in [9.17, 15) is 18.9 Å². The zero-order valence-corrected chi connectivity index (χ0v) is 10.3. The molecule has 2 rings (SSSR count). The van der Waals surface area contributed by atoms with Crippen molar-refractivity contribution in [2.45, 2.75) is 31.4 Å². The number of hydrogen-bond acceptors (Lipinski definition) is 4. The van der Waals surface area contributed by atoms with Crippen LogP contribution in [0.1, 0.15) is 24.8 Å². The number of nitro groups is 1. The number of rotatable bonds is 5. The molecular weight excluding hydrogens is 258 g/mol. The molecule has 0 unspecified atom stereocenters. The molecule has 0 spiro atoms. The van der Waals surface area contributed by atoms with Crippen LogP contribution in [-0.2, 0) is 4.74 Å². The van der Waals surface area contributed by atoms with Crippen LogP contribution in [-0.4, -0.2) is 24.2 Å². The topological polar surface area (TPSA) is 64.4 Å². The van der Waals surface area contributed by atoms with Gasteiger partial charge in [-0.1, -0.05) is 0 Å². The average molecular weight is 272 g/mol. The van der Waals surface area contributed by atoms with Crippen LogP contribution in [0.3, 0.4) is 0 Å². The average Bonchev–Trinajstić information content (AvgIpc) is 2.32. The van der Waals surface area contributed by atoms with Crippen LogP contribution in [0.5, 0.6) is 0 Å². The monoisotopic (exact) mass is 272 g/mol. The molecule has 7 heteroatoms. The van der Waals surface area contributed by atoms with E-state index in [0.29, 0.717) is 0 Å². The molecule has 0 amide bonds. The minimum absolute atomic E-state index is 0.0731. The van der Waals surface area contributed by atoms with Gasteiger partial charge in [0.25, 0.3) is 12.1 Å². The summed E-state index contributed by atoms with van der Waals surface area (Å²) in [4.78, 5) is 9.90. The number of non-ortho nitro benzene ring substituents is 1. The molecule has 1 aliphatic carbocycles. The largest absolute Gasteiger partial charge is 0.382 e. The summed E-state index contributed by atoms with van der Waals surface area (Å²) in [5.41, 5.74) is -0.417. The molecule has 0 atom stereocenters. The minimum atomic E-state index is -2.75. The van der Waals surface area contributed by atoms with E-state index in [0.717, 1.165) is 18.9 Å². The molecule has 0 radical (unpaired) electrons. The predicted octanol–water partition coefficient (Wildman–Crippen LogP) is 3.12. The van der Waals surface area contributed by atoms with Crippen molar-refractivity contribution in [3.63, 3.8) is 0 Å². The number of ether oxygens (including phenoxy) is 1.